The fraction of sp³-hybridized carbons (Fsp3) is 0.500. The lowest BCUT2D eigenvalue weighted by Gasteiger charge is -2.26. The van der Waals surface area contributed by atoms with Gasteiger partial charge in [-0.25, -0.2) is 0 Å². The fourth-order valence-corrected chi connectivity index (χ4v) is 3.63. The first kappa shape index (κ1) is 10.8. The molecule has 0 heterocycles. The molecule has 1 aromatic rings. The second-order valence-corrected chi connectivity index (χ2v) is 5.67. The maximum Gasteiger partial charge on any atom is 0.0687 e. The summed E-state index contributed by atoms with van der Waals surface area (Å²) in [5.74, 6) is 0. The van der Waals surface area contributed by atoms with Crippen molar-refractivity contribution in [3.8, 4) is 0 Å². The van der Waals surface area contributed by atoms with Crippen LogP contribution in [0.1, 0.15) is 25.7 Å². The Labute approximate surface area is 92.8 Å². The van der Waals surface area contributed by atoms with Crippen molar-refractivity contribution >= 4 is 10.8 Å². The highest BCUT2D eigenvalue weighted by atomic mass is 32.2. The van der Waals surface area contributed by atoms with E-state index < -0.39 is 10.8 Å². The van der Waals surface area contributed by atoms with E-state index in [2.05, 4.69) is 0 Å². The van der Waals surface area contributed by atoms with Crippen molar-refractivity contribution in [2.75, 3.05) is 0 Å². The van der Waals surface area contributed by atoms with E-state index in [4.69, 9.17) is 0 Å². The highest BCUT2D eigenvalue weighted by Crippen LogP contribution is 2.26. The maximum atomic E-state index is 12.2. The average molecular weight is 224 g/mol. The van der Waals surface area contributed by atoms with Gasteiger partial charge >= 0.3 is 0 Å². The third kappa shape index (κ3) is 2.47. The molecule has 1 saturated carbocycles. The molecule has 0 radical (unpaired) electrons. The zero-order valence-corrected chi connectivity index (χ0v) is 9.45. The van der Waals surface area contributed by atoms with Crippen molar-refractivity contribution in [3.63, 3.8) is 0 Å². The van der Waals surface area contributed by atoms with Gasteiger partial charge in [-0.3, -0.25) is 4.21 Å². The molecule has 0 aromatic heterocycles. The molecule has 0 spiro atoms. The van der Waals surface area contributed by atoms with Crippen molar-refractivity contribution in [2.45, 2.75) is 41.9 Å². The normalized spacial score (nSPS) is 28.6. The largest absolute Gasteiger partial charge is 0.392 e. The number of hydrogen-bond donors (Lipinski definition) is 1. The summed E-state index contributed by atoms with van der Waals surface area (Å²) in [5, 5.41) is 9.74. The minimum absolute atomic E-state index is 0.0684. The third-order valence-corrected chi connectivity index (χ3v) is 4.75. The van der Waals surface area contributed by atoms with E-state index in [1.807, 2.05) is 30.3 Å². The van der Waals surface area contributed by atoms with E-state index in [0.717, 1.165) is 30.6 Å². The standard InChI is InChI=1S/C12H16O2S/c13-11-8-4-5-9-12(11)15(14)10-6-2-1-3-7-10/h1-3,6-7,11-13H,4-5,8-9H2/t11-,12-,15?/m0/s1. The summed E-state index contributed by atoms with van der Waals surface area (Å²) in [7, 11) is -1.05. The van der Waals surface area contributed by atoms with E-state index in [1.165, 1.54) is 0 Å². The minimum Gasteiger partial charge on any atom is -0.392 e. The van der Waals surface area contributed by atoms with E-state index in [9.17, 15) is 9.32 Å². The number of hydrogen-bond acceptors (Lipinski definition) is 2. The SMILES string of the molecule is O=S(c1ccccc1)[C@H]1CCCC[C@@H]1O. The van der Waals surface area contributed by atoms with Gasteiger partial charge in [0.1, 0.15) is 0 Å². The summed E-state index contributed by atoms with van der Waals surface area (Å²) in [5.41, 5.74) is 0. The van der Waals surface area contributed by atoms with Gasteiger partial charge in [0.2, 0.25) is 0 Å². The molecule has 0 amide bonds. The van der Waals surface area contributed by atoms with Crippen LogP contribution >= 0.6 is 0 Å². The van der Waals surface area contributed by atoms with Crippen LogP contribution in [0.4, 0.5) is 0 Å². The van der Waals surface area contributed by atoms with Gasteiger partial charge in [0.05, 0.1) is 22.2 Å². The highest BCUT2D eigenvalue weighted by molar-refractivity contribution is 7.85. The molecular weight excluding hydrogens is 208 g/mol. The summed E-state index contributed by atoms with van der Waals surface area (Å²) >= 11 is 0. The molecule has 0 bridgehead atoms. The lowest BCUT2D eigenvalue weighted by molar-refractivity contribution is 0.135. The van der Waals surface area contributed by atoms with E-state index in [0.29, 0.717) is 0 Å². The third-order valence-electron chi connectivity index (χ3n) is 2.92. The van der Waals surface area contributed by atoms with Gasteiger partial charge in [0.15, 0.2) is 0 Å². The maximum absolute atomic E-state index is 12.2. The molecule has 0 saturated heterocycles. The molecule has 3 atom stereocenters. The Morgan fingerprint density at radius 2 is 1.80 bits per heavy atom. The molecule has 1 unspecified atom stereocenters. The Morgan fingerprint density at radius 3 is 2.47 bits per heavy atom. The lowest BCUT2D eigenvalue weighted by Crippen LogP contribution is -2.33. The van der Waals surface area contributed by atoms with E-state index in [-0.39, 0.29) is 11.4 Å². The molecular formula is C12H16O2S. The molecule has 1 aliphatic carbocycles. The van der Waals surface area contributed by atoms with Crippen molar-refractivity contribution in [2.24, 2.45) is 0 Å². The molecule has 2 rings (SSSR count). The van der Waals surface area contributed by atoms with Gasteiger partial charge < -0.3 is 5.11 Å². The Hall–Kier alpha value is -0.670. The Kier molecular flexibility index (Phi) is 3.54. The first-order chi connectivity index (χ1) is 7.29. The topological polar surface area (TPSA) is 37.3 Å². The predicted octanol–water partition coefficient (Wildman–Crippen LogP) is 2.10. The summed E-state index contributed by atoms with van der Waals surface area (Å²) in [6, 6.07) is 9.44. The first-order valence-corrected chi connectivity index (χ1v) is 6.64. The van der Waals surface area contributed by atoms with Crippen molar-refractivity contribution in [3.05, 3.63) is 30.3 Å². The molecule has 1 aromatic carbocycles. The molecule has 3 heteroatoms. The number of aliphatic hydroxyl groups excluding tert-OH is 1. The molecule has 0 aliphatic heterocycles. The van der Waals surface area contributed by atoms with Crippen LogP contribution in [0.25, 0.3) is 0 Å². The zero-order chi connectivity index (χ0) is 10.7. The summed E-state index contributed by atoms with van der Waals surface area (Å²) in [6.07, 6.45) is 3.43. The van der Waals surface area contributed by atoms with Gasteiger partial charge in [0.25, 0.3) is 0 Å². The lowest BCUT2D eigenvalue weighted by atomic mass is 9.97. The zero-order valence-electron chi connectivity index (χ0n) is 8.63. The van der Waals surface area contributed by atoms with Crippen LogP contribution in [0.2, 0.25) is 0 Å². The van der Waals surface area contributed by atoms with Gasteiger partial charge in [0, 0.05) is 4.90 Å². The number of benzene rings is 1. The quantitative estimate of drug-likeness (QED) is 0.835. The van der Waals surface area contributed by atoms with Crippen LogP contribution in [0.15, 0.2) is 35.2 Å². The average Bonchev–Trinajstić information content (AvgIpc) is 2.30. The fourth-order valence-electron chi connectivity index (χ4n) is 2.06. The Bertz CT molecular complexity index is 337. The molecule has 15 heavy (non-hydrogen) atoms. The molecule has 1 aliphatic rings. The van der Waals surface area contributed by atoms with E-state index >= 15 is 0 Å². The van der Waals surface area contributed by atoms with Crippen LogP contribution in [0, 0.1) is 0 Å². The number of rotatable bonds is 2. The monoisotopic (exact) mass is 224 g/mol. The van der Waals surface area contributed by atoms with Crippen LogP contribution in [0.5, 0.6) is 0 Å². The smallest absolute Gasteiger partial charge is 0.0687 e. The van der Waals surface area contributed by atoms with E-state index in [1.54, 1.807) is 0 Å². The van der Waals surface area contributed by atoms with Gasteiger partial charge in [-0.05, 0) is 25.0 Å². The second kappa shape index (κ2) is 4.90. The van der Waals surface area contributed by atoms with Gasteiger partial charge in [-0.15, -0.1) is 0 Å². The van der Waals surface area contributed by atoms with Crippen molar-refractivity contribution in [1.29, 1.82) is 0 Å². The van der Waals surface area contributed by atoms with Crippen LogP contribution < -0.4 is 0 Å². The Morgan fingerprint density at radius 1 is 1.13 bits per heavy atom. The minimum atomic E-state index is -1.05. The van der Waals surface area contributed by atoms with Crippen molar-refractivity contribution in [1.82, 2.24) is 0 Å². The first-order valence-electron chi connectivity index (χ1n) is 5.43. The second-order valence-electron chi connectivity index (χ2n) is 4.00. The van der Waals surface area contributed by atoms with Crippen LogP contribution in [-0.4, -0.2) is 20.7 Å². The van der Waals surface area contributed by atoms with Crippen LogP contribution in [0.3, 0.4) is 0 Å². The summed E-state index contributed by atoms with van der Waals surface area (Å²) < 4.78 is 12.2. The van der Waals surface area contributed by atoms with Crippen molar-refractivity contribution < 1.29 is 9.32 Å². The predicted molar refractivity (Wildman–Crippen MR) is 61.1 cm³/mol. The van der Waals surface area contributed by atoms with Gasteiger partial charge in [-0.1, -0.05) is 31.0 Å². The molecule has 1 N–H and O–H groups in total. The van der Waals surface area contributed by atoms with Crippen LogP contribution in [-0.2, 0) is 10.8 Å². The molecule has 1 fully saturated rings. The highest BCUT2D eigenvalue weighted by Gasteiger charge is 2.28. The summed E-state index contributed by atoms with van der Waals surface area (Å²) in [4.78, 5) is 0.837. The molecule has 82 valence electrons. The van der Waals surface area contributed by atoms with Gasteiger partial charge in [-0.2, -0.15) is 0 Å². The number of aliphatic hydroxyl groups is 1. The summed E-state index contributed by atoms with van der Waals surface area (Å²) in [6.45, 7) is 0. The molecule has 2 nitrogen and oxygen atoms in total. The Balaban J connectivity index is 2.13.